The van der Waals surface area contributed by atoms with Gasteiger partial charge in [0.05, 0.1) is 18.5 Å². The van der Waals surface area contributed by atoms with E-state index in [2.05, 4.69) is 0 Å². The van der Waals surface area contributed by atoms with Crippen LogP contribution in [0.25, 0.3) is 0 Å². The van der Waals surface area contributed by atoms with Crippen molar-refractivity contribution in [2.24, 2.45) is 10.5 Å². The summed E-state index contributed by atoms with van der Waals surface area (Å²) in [5.41, 5.74) is 2.43. The number of rotatable bonds is 4. The van der Waals surface area contributed by atoms with Gasteiger partial charge < -0.3 is 4.74 Å². The fourth-order valence-electron chi connectivity index (χ4n) is 5.21. The van der Waals surface area contributed by atoms with Crippen LogP contribution in [0.2, 0.25) is 5.02 Å². The maximum absolute atomic E-state index is 14.2. The van der Waals surface area contributed by atoms with E-state index in [4.69, 9.17) is 21.4 Å². The zero-order chi connectivity index (χ0) is 23.9. The van der Waals surface area contributed by atoms with Crippen molar-refractivity contribution in [1.29, 1.82) is 0 Å². The van der Waals surface area contributed by atoms with Crippen LogP contribution in [0.5, 0.6) is 0 Å². The van der Waals surface area contributed by atoms with Gasteiger partial charge in [0.1, 0.15) is 5.41 Å². The fraction of sp³-hybridized carbons (Fsp3) is 0.179. The van der Waals surface area contributed by atoms with Gasteiger partial charge in [0, 0.05) is 22.4 Å². The second-order valence-corrected chi connectivity index (χ2v) is 8.95. The number of carbonyl (C=O) groups excluding carboxylic acids is 2. The van der Waals surface area contributed by atoms with Crippen molar-refractivity contribution >= 4 is 34.9 Å². The SMILES string of the molecule is COC(=O)C1=C[C@]2(C(=O)N(c3ccccc3)N=C2C)[C@H](c2ccc(Cl)cc2)[C@H]1c1ccccc1. The molecule has 1 amide bonds. The van der Waals surface area contributed by atoms with E-state index >= 15 is 0 Å². The minimum atomic E-state index is -1.15. The predicted molar refractivity (Wildman–Crippen MR) is 133 cm³/mol. The molecule has 1 aliphatic carbocycles. The van der Waals surface area contributed by atoms with E-state index in [1.807, 2.05) is 91.9 Å². The molecule has 6 heteroatoms. The Hall–Kier alpha value is -3.70. The molecule has 5 rings (SSSR count). The smallest absolute Gasteiger partial charge is 0.334 e. The molecule has 0 N–H and O–H groups in total. The van der Waals surface area contributed by atoms with Crippen LogP contribution >= 0.6 is 11.6 Å². The van der Waals surface area contributed by atoms with E-state index in [1.165, 1.54) is 12.1 Å². The van der Waals surface area contributed by atoms with Crippen molar-refractivity contribution in [3.63, 3.8) is 0 Å². The Bertz CT molecular complexity index is 1300. The Kier molecular flexibility index (Phi) is 5.58. The summed E-state index contributed by atoms with van der Waals surface area (Å²) in [6.45, 7) is 1.85. The highest BCUT2D eigenvalue weighted by atomic mass is 35.5. The molecular formula is C28H23ClN2O3. The number of hydrazone groups is 1. The first kappa shape index (κ1) is 22.1. The summed E-state index contributed by atoms with van der Waals surface area (Å²) in [7, 11) is 1.36. The molecule has 1 aliphatic heterocycles. The maximum atomic E-state index is 14.2. The van der Waals surface area contributed by atoms with Gasteiger partial charge in [-0.25, -0.2) is 4.79 Å². The molecule has 0 fully saturated rings. The first-order valence-corrected chi connectivity index (χ1v) is 11.4. The Morgan fingerprint density at radius 2 is 1.56 bits per heavy atom. The van der Waals surface area contributed by atoms with E-state index in [0.29, 0.717) is 22.0 Å². The Morgan fingerprint density at radius 1 is 0.941 bits per heavy atom. The lowest BCUT2D eigenvalue weighted by Gasteiger charge is -2.34. The number of ether oxygens (including phenoxy) is 1. The predicted octanol–water partition coefficient (Wildman–Crippen LogP) is 5.73. The molecule has 0 aromatic heterocycles. The van der Waals surface area contributed by atoms with Crippen LogP contribution in [0.4, 0.5) is 5.69 Å². The van der Waals surface area contributed by atoms with E-state index in [-0.39, 0.29) is 5.91 Å². The van der Waals surface area contributed by atoms with Crippen molar-refractivity contribution in [2.75, 3.05) is 12.1 Å². The highest BCUT2D eigenvalue weighted by Crippen LogP contribution is 2.59. The average molecular weight is 471 g/mol. The molecule has 5 nitrogen and oxygen atoms in total. The number of methoxy groups -OCH3 is 1. The van der Waals surface area contributed by atoms with E-state index in [1.54, 1.807) is 6.08 Å². The summed E-state index contributed by atoms with van der Waals surface area (Å²) in [5.74, 6) is -1.47. The lowest BCUT2D eigenvalue weighted by Crippen LogP contribution is -2.41. The normalized spacial score (nSPS) is 23.7. The molecule has 0 saturated heterocycles. The molecule has 3 aromatic carbocycles. The average Bonchev–Trinajstić information content (AvgIpc) is 3.36. The lowest BCUT2D eigenvalue weighted by molar-refractivity contribution is -0.136. The molecule has 2 aliphatic rings. The minimum Gasteiger partial charge on any atom is -0.466 e. The number of carbonyl (C=O) groups is 2. The minimum absolute atomic E-state index is 0.198. The largest absolute Gasteiger partial charge is 0.466 e. The third-order valence-corrected chi connectivity index (χ3v) is 7.00. The van der Waals surface area contributed by atoms with Gasteiger partial charge in [-0.2, -0.15) is 10.1 Å². The highest BCUT2D eigenvalue weighted by Gasteiger charge is 2.61. The van der Waals surface area contributed by atoms with Gasteiger partial charge in [0.2, 0.25) is 0 Å². The highest BCUT2D eigenvalue weighted by molar-refractivity contribution is 6.30. The monoisotopic (exact) mass is 470 g/mol. The summed E-state index contributed by atoms with van der Waals surface area (Å²) in [6, 6.07) is 26.5. The molecular weight excluding hydrogens is 448 g/mol. The molecule has 34 heavy (non-hydrogen) atoms. The molecule has 170 valence electrons. The molecule has 0 bridgehead atoms. The lowest BCUT2D eigenvalue weighted by atomic mass is 9.66. The van der Waals surface area contributed by atoms with Crippen LogP contribution in [0.3, 0.4) is 0 Å². The van der Waals surface area contributed by atoms with Crippen LogP contribution in [0.1, 0.15) is 29.9 Å². The molecule has 0 saturated carbocycles. The zero-order valence-corrected chi connectivity index (χ0v) is 19.6. The fourth-order valence-corrected chi connectivity index (χ4v) is 5.33. The summed E-state index contributed by atoms with van der Waals surface area (Å²) in [4.78, 5) is 27.3. The van der Waals surface area contributed by atoms with Crippen LogP contribution in [0, 0.1) is 5.41 Å². The second-order valence-electron chi connectivity index (χ2n) is 8.52. The summed E-state index contributed by atoms with van der Waals surface area (Å²) < 4.78 is 5.18. The number of anilines is 1. The summed E-state index contributed by atoms with van der Waals surface area (Å²) in [5, 5.41) is 6.73. The van der Waals surface area contributed by atoms with Gasteiger partial charge in [-0.3, -0.25) is 4.79 Å². The van der Waals surface area contributed by atoms with Crippen molar-refractivity contribution in [3.05, 3.63) is 113 Å². The first-order chi connectivity index (χ1) is 16.5. The number of hydrogen-bond acceptors (Lipinski definition) is 4. The molecule has 1 heterocycles. The van der Waals surface area contributed by atoms with Crippen molar-refractivity contribution in [3.8, 4) is 0 Å². The molecule has 0 radical (unpaired) electrons. The Balaban J connectivity index is 1.75. The van der Waals surface area contributed by atoms with Crippen molar-refractivity contribution in [2.45, 2.75) is 18.8 Å². The quantitative estimate of drug-likeness (QED) is 0.457. The standard InChI is InChI=1S/C28H23ClN2O3/c1-18-28(27(33)31(30-18)22-11-7-4-8-12-22)17-23(26(32)34-2)24(19-9-5-3-6-10-19)25(28)20-13-15-21(29)16-14-20/h3-17,24-25H,1-2H3/t24-,25+,28+/m0/s1. The summed E-state index contributed by atoms with van der Waals surface area (Å²) >= 11 is 6.20. The van der Waals surface area contributed by atoms with Gasteiger partial charge in [-0.05, 0) is 42.3 Å². The van der Waals surface area contributed by atoms with Gasteiger partial charge in [-0.1, -0.05) is 78.3 Å². The van der Waals surface area contributed by atoms with Crippen LogP contribution in [0.15, 0.2) is 102 Å². The Labute approximate surface area is 203 Å². The zero-order valence-electron chi connectivity index (χ0n) is 18.8. The maximum Gasteiger partial charge on any atom is 0.334 e. The van der Waals surface area contributed by atoms with Gasteiger partial charge in [0.15, 0.2) is 0 Å². The molecule has 0 unspecified atom stereocenters. The topological polar surface area (TPSA) is 59.0 Å². The van der Waals surface area contributed by atoms with Crippen molar-refractivity contribution in [1.82, 2.24) is 0 Å². The van der Waals surface area contributed by atoms with Crippen LogP contribution < -0.4 is 5.01 Å². The summed E-state index contributed by atoms with van der Waals surface area (Å²) in [6.07, 6.45) is 1.78. The third kappa shape index (κ3) is 3.35. The number of amides is 1. The molecule has 1 spiro atoms. The van der Waals surface area contributed by atoms with E-state index in [0.717, 1.165) is 11.1 Å². The van der Waals surface area contributed by atoms with Gasteiger partial charge in [-0.15, -0.1) is 0 Å². The number of nitrogens with zero attached hydrogens (tertiary/aromatic N) is 2. The van der Waals surface area contributed by atoms with Gasteiger partial charge in [0.25, 0.3) is 5.91 Å². The molecule has 3 atom stereocenters. The van der Waals surface area contributed by atoms with E-state index < -0.39 is 23.2 Å². The number of benzene rings is 3. The van der Waals surface area contributed by atoms with Crippen molar-refractivity contribution < 1.29 is 14.3 Å². The first-order valence-electron chi connectivity index (χ1n) is 11.0. The third-order valence-electron chi connectivity index (χ3n) is 6.75. The van der Waals surface area contributed by atoms with Crippen LogP contribution in [-0.4, -0.2) is 24.7 Å². The molecule has 3 aromatic rings. The van der Waals surface area contributed by atoms with E-state index in [9.17, 15) is 9.59 Å². The van der Waals surface area contributed by atoms with Crippen LogP contribution in [-0.2, 0) is 14.3 Å². The number of esters is 1. The number of para-hydroxylation sites is 1. The number of halogens is 1. The Morgan fingerprint density at radius 3 is 2.18 bits per heavy atom. The second kappa shape index (κ2) is 8.58. The number of hydrogen-bond donors (Lipinski definition) is 0. The van der Waals surface area contributed by atoms with Gasteiger partial charge >= 0.3 is 5.97 Å².